The largest absolute Gasteiger partial charge is 0.493 e. The van der Waals surface area contributed by atoms with E-state index in [0.717, 1.165) is 4.88 Å². The molecule has 28 heavy (non-hydrogen) atoms. The fourth-order valence-electron chi connectivity index (χ4n) is 2.24. The molecule has 0 N–H and O–H groups in total. The predicted molar refractivity (Wildman–Crippen MR) is 111 cm³/mol. The van der Waals surface area contributed by atoms with Gasteiger partial charge in [0.2, 0.25) is 0 Å². The first kappa shape index (κ1) is 19.8. The van der Waals surface area contributed by atoms with Gasteiger partial charge < -0.3 is 9.47 Å². The van der Waals surface area contributed by atoms with E-state index in [1.54, 1.807) is 30.5 Å². The number of hydrogen-bond donors (Lipinski definition) is 0. The molecule has 0 aliphatic carbocycles. The Labute approximate surface area is 170 Å². The van der Waals surface area contributed by atoms with Crippen molar-refractivity contribution in [3.8, 4) is 11.5 Å². The second-order valence-electron chi connectivity index (χ2n) is 5.54. The molecule has 142 valence electrons. The summed E-state index contributed by atoms with van der Waals surface area (Å²) in [4.78, 5) is 17.2. The Morgan fingerprint density at radius 3 is 2.75 bits per heavy atom. The lowest BCUT2D eigenvalue weighted by atomic mass is 10.2. The maximum absolute atomic E-state index is 13.2. The first-order valence-electron chi connectivity index (χ1n) is 8.16. The van der Waals surface area contributed by atoms with E-state index in [1.807, 2.05) is 17.5 Å². The van der Waals surface area contributed by atoms with E-state index in [4.69, 9.17) is 21.1 Å². The van der Waals surface area contributed by atoms with Gasteiger partial charge in [0.05, 0.1) is 17.8 Å². The molecule has 0 spiro atoms. The molecule has 0 saturated carbocycles. The molecular weight excluding hydrogens is 401 g/mol. The lowest BCUT2D eigenvalue weighted by Crippen LogP contribution is -2.05. The number of thiophene rings is 1. The first-order valence-corrected chi connectivity index (χ1v) is 9.41. The zero-order valence-corrected chi connectivity index (χ0v) is 16.3. The summed E-state index contributed by atoms with van der Waals surface area (Å²) in [5, 5.41) is 1.93. The lowest BCUT2D eigenvalue weighted by molar-refractivity contribution is -0.129. The number of methoxy groups -OCH3 is 1. The van der Waals surface area contributed by atoms with Crippen molar-refractivity contribution in [2.75, 3.05) is 7.11 Å². The minimum Gasteiger partial charge on any atom is -0.493 e. The van der Waals surface area contributed by atoms with Crippen molar-refractivity contribution in [2.45, 2.75) is 0 Å². The summed E-state index contributed by atoms with van der Waals surface area (Å²) in [7, 11) is 1.48. The van der Waals surface area contributed by atoms with Gasteiger partial charge in [-0.25, -0.2) is 9.18 Å². The van der Waals surface area contributed by atoms with E-state index < -0.39 is 11.8 Å². The minimum atomic E-state index is -0.505. The zero-order valence-electron chi connectivity index (χ0n) is 14.8. The molecule has 0 saturated heterocycles. The molecule has 0 fully saturated rings. The number of aliphatic imine (C=N–C) groups is 1. The van der Waals surface area contributed by atoms with Gasteiger partial charge in [0.15, 0.2) is 11.5 Å². The highest BCUT2D eigenvalue weighted by atomic mass is 35.5. The summed E-state index contributed by atoms with van der Waals surface area (Å²) in [6.07, 6.45) is 4.63. The van der Waals surface area contributed by atoms with Crippen LogP contribution in [0.1, 0.15) is 10.4 Å². The molecule has 1 aromatic heterocycles. The Balaban J connectivity index is 1.71. The summed E-state index contributed by atoms with van der Waals surface area (Å²) in [5.74, 6) is -0.320. The van der Waals surface area contributed by atoms with Gasteiger partial charge in [-0.15, -0.1) is 11.3 Å². The minimum absolute atomic E-state index is 0.00472. The number of nitrogens with zero attached hydrogens (tertiary/aromatic N) is 1. The van der Waals surface area contributed by atoms with E-state index >= 15 is 0 Å². The highest BCUT2D eigenvalue weighted by Crippen LogP contribution is 2.28. The van der Waals surface area contributed by atoms with Crippen LogP contribution < -0.4 is 9.47 Å². The van der Waals surface area contributed by atoms with E-state index in [0.29, 0.717) is 22.7 Å². The third-order valence-electron chi connectivity index (χ3n) is 3.59. The van der Waals surface area contributed by atoms with Crippen LogP contribution in [0.25, 0.3) is 6.08 Å². The van der Waals surface area contributed by atoms with Crippen molar-refractivity contribution in [1.29, 1.82) is 0 Å². The van der Waals surface area contributed by atoms with Crippen molar-refractivity contribution in [3.63, 3.8) is 0 Å². The van der Waals surface area contributed by atoms with Crippen molar-refractivity contribution < 1.29 is 18.7 Å². The number of carbonyl (C=O) groups excluding carboxylic acids is 1. The Morgan fingerprint density at radius 1 is 1.18 bits per heavy atom. The molecule has 0 aliphatic heterocycles. The lowest BCUT2D eigenvalue weighted by Gasteiger charge is -2.08. The van der Waals surface area contributed by atoms with Crippen LogP contribution in [0.3, 0.4) is 0 Å². The molecule has 0 aliphatic rings. The monoisotopic (exact) mass is 415 g/mol. The van der Waals surface area contributed by atoms with Crippen LogP contribution in [0.15, 0.2) is 65.0 Å². The van der Waals surface area contributed by atoms with Crippen LogP contribution in [0.5, 0.6) is 11.5 Å². The molecule has 3 aromatic rings. The fourth-order valence-corrected chi connectivity index (χ4v) is 3.03. The number of rotatable bonds is 6. The summed E-state index contributed by atoms with van der Waals surface area (Å²) in [6.45, 7) is 0. The van der Waals surface area contributed by atoms with Crippen LogP contribution >= 0.6 is 22.9 Å². The van der Waals surface area contributed by atoms with Gasteiger partial charge in [-0.2, -0.15) is 0 Å². The van der Waals surface area contributed by atoms with Gasteiger partial charge in [-0.3, -0.25) is 4.99 Å². The predicted octanol–water partition coefficient (Wildman–Crippen LogP) is 5.92. The second-order valence-corrected chi connectivity index (χ2v) is 6.92. The maximum atomic E-state index is 13.2. The van der Waals surface area contributed by atoms with Gasteiger partial charge >= 0.3 is 5.97 Å². The Kier molecular flexibility index (Phi) is 6.57. The number of halogens is 2. The molecule has 7 heteroatoms. The molecule has 2 aromatic carbocycles. The quantitative estimate of drug-likeness (QED) is 0.217. The van der Waals surface area contributed by atoms with Crippen LogP contribution in [-0.2, 0) is 4.79 Å². The van der Waals surface area contributed by atoms with Crippen LogP contribution in [0, 0.1) is 5.82 Å². The molecule has 0 radical (unpaired) electrons. The Hall–Kier alpha value is -2.96. The van der Waals surface area contributed by atoms with E-state index in [9.17, 15) is 9.18 Å². The molecule has 0 atom stereocenters. The van der Waals surface area contributed by atoms with Gasteiger partial charge in [0.1, 0.15) is 5.82 Å². The van der Waals surface area contributed by atoms with Crippen LogP contribution in [0.2, 0.25) is 5.02 Å². The smallest absolute Gasteiger partial charge is 0.336 e. The van der Waals surface area contributed by atoms with Gasteiger partial charge in [0.25, 0.3) is 0 Å². The molecule has 0 bridgehead atoms. The third-order valence-corrected chi connectivity index (χ3v) is 4.72. The Bertz CT molecular complexity index is 1030. The normalized spacial score (nSPS) is 11.2. The van der Waals surface area contributed by atoms with E-state index in [1.165, 1.54) is 42.7 Å². The zero-order chi connectivity index (χ0) is 19.9. The van der Waals surface area contributed by atoms with Crippen molar-refractivity contribution >= 4 is 46.9 Å². The number of benzene rings is 2. The van der Waals surface area contributed by atoms with Crippen LogP contribution in [0.4, 0.5) is 10.1 Å². The average molecular weight is 416 g/mol. The highest BCUT2D eigenvalue weighted by molar-refractivity contribution is 7.10. The van der Waals surface area contributed by atoms with E-state index in [2.05, 4.69) is 4.99 Å². The topological polar surface area (TPSA) is 47.9 Å². The average Bonchev–Trinajstić information content (AvgIpc) is 3.22. The van der Waals surface area contributed by atoms with Crippen molar-refractivity contribution in [1.82, 2.24) is 0 Å². The maximum Gasteiger partial charge on any atom is 0.336 e. The number of carbonyl (C=O) groups is 1. The molecule has 4 nitrogen and oxygen atoms in total. The van der Waals surface area contributed by atoms with Gasteiger partial charge in [-0.1, -0.05) is 17.7 Å². The molecular formula is C21H15ClFNO3S. The second kappa shape index (κ2) is 9.30. The number of hydrogen-bond acceptors (Lipinski definition) is 5. The summed E-state index contributed by atoms with van der Waals surface area (Å²) >= 11 is 7.27. The van der Waals surface area contributed by atoms with Crippen molar-refractivity contribution in [3.05, 3.63) is 81.3 Å². The third kappa shape index (κ3) is 5.28. The summed E-state index contributed by atoms with van der Waals surface area (Å²) in [6, 6.07) is 13.0. The molecule has 0 unspecified atom stereocenters. The van der Waals surface area contributed by atoms with Gasteiger partial charge in [0, 0.05) is 17.2 Å². The molecule has 1 heterocycles. The van der Waals surface area contributed by atoms with Crippen LogP contribution in [-0.4, -0.2) is 19.3 Å². The van der Waals surface area contributed by atoms with E-state index in [-0.39, 0.29) is 5.02 Å². The standard InChI is InChI=1S/C21H15ClFNO3S/c1-26-20-11-14(13-24-15-5-7-18(23)17(22)12-15)4-8-19(20)27-21(25)9-6-16-3-2-10-28-16/h2-13H,1H3. The first-order chi connectivity index (χ1) is 13.5. The SMILES string of the molecule is COc1cc(C=Nc2ccc(F)c(Cl)c2)ccc1OC(=O)C=Cc1cccs1. The fraction of sp³-hybridized carbons (Fsp3) is 0.0476. The number of esters is 1. The summed E-state index contributed by atoms with van der Waals surface area (Å²) < 4.78 is 23.8. The van der Waals surface area contributed by atoms with Crippen molar-refractivity contribution in [2.24, 2.45) is 4.99 Å². The molecule has 3 rings (SSSR count). The highest BCUT2D eigenvalue weighted by Gasteiger charge is 2.09. The Morgan fingerprint density at radius 2 is 2.04 bits per heavy atom. The number of ether oxygens (including phenoxy) is 2. The van der Waals surface area contributed by atoms with Gasteiger partial charge in [-0.05, 0) is 59.5 Å². The molecule has 0 amide bonds. The summed E-state index contributed by atoms with van der Waals surface area (Å²) in [5.41, 5.74) is 1.23.